The predicted octanol–water partition coefficient (Wildman–Crippen LogP) is 8.49. The summed E-state index contributed by atoms with van der Waals surface area (Å²) in [6, 6.07) is 8.88. The number of carbonyl (C=O) groups is 1. The minimum Gasteiger partial charge on any atom is -0.445 e. The van der Waals surface area contributed by atoms with Gasteiger partial charge in [-0.1, -0.05) is 61.7 Å². The van der Waals surface area contributed by atoms with Crippen LogP contribution in [0.4, 0.5) is 10.1 Å². The Morgan fingerprint density at radius 2 is 1.71 bits per heavy atom. The fourth-order valence-corrected chi connectivity index (χ4v) is 5.16. The first-order chi connectivity index (χ1) is 19.6. The number of carbonyl (C=O) groups excluding carboxylic acids is 1. The van der Waals surface area contributed by atoms with Crippen LogP contribution in [0.5, 0.6) is 5.88 Å². The second kappa shape index (κ2) is 16.0. The number of nitrogens with one attached hydrogen (secondary N) is 2. The first-order valence-corrected chi connectivity index (χ1v) is 15.1. The van der Waals surface area contributed by atoms with E-state index >= 15 is 0 Å². The third-order valence-corrected chi connectivity index (χ3v) is 7.11. The Morgan fingerprint density at radius 1 is 1.02 bits per heavy atom. The summed E-state index contributed by atoms with van der Waals surface area (Å²) in [5.41, 5.74) is 2.98. The zero-order valence-electron chi connectivity index (χ0n) is 24.5. The number of hydrogen-bond acceptors (Lipinski definition) is 5. The SMILES string of the molecule is Cc1cc(Cl)cc(C(=O)NC(C)(C)C)c1NCCCCCCCCCCc1cc(OCF)nn1-c1ncccc1Cl. The number of aromatic nitrogens is 3. The number of aryl methyl sites for hydroxylation is 2. The summed E-state index contributed by atoms with van der Waals surface area (Å²) in [6.07, 6.45) is 11.4. The highest BCUT2D eigenvalue weighted by Crippen LogP contribution is 2.27. The van der Waals surface area contributed by atoms with E-state index in [-0.39, 0.29) is 17.3 Å². The van der Waals surface area contributed by atoms with Crippen molar-refractivity contribution in [2.45, 2.75) is 91.0 Å². The maximum atomic E-state index is 12.8. The van der Waals surface area contributed by atoms with E-state index < -0.39 is 6.86 Å². The summed E-state index contributed by atoms with van der Waals surface area (Å²) >= 11 is 12.5. The molecule has 0 bridgehead atoms. The number of pyridine rings is 1. The molecular formula is C31H42Cl2FN5O2. The van der Waals surface area contributed by atoms with Gasteiger partial charge in [-0.2, -0.15) is 0 Å². The van der Waals surface area contributed by atoms with Crippen molar-refractivity contribution in [1.82, 2.24) is 20.1 Å². The Hall–Kier alpha value is -2.84. The van der Waals surface area contributed by atoms with Gasteiger partial charge in [0.2, 0.25) is 12.7 Å². The van der Waals surface area contributed by atoms with Crippen LogP contribution in [-0.2, 0) is 6.42 Å². The summed E-state index contributed by atoms with van der Waals surface area (Å²) in [5.74, 6) is 0.626. The smallest absolute Gasteiger partial charge is 0.253 e. The Bertz CT molecular complexity index is 1280. The minimum absolute atomic E-state index is 0.121. The van der Waals surface area contributed by atoms with E-state index in [4.69, 9.17) is 27.9 Å². The topological polar surface area (TPSA) is 81.1 Å². The van der Waals surface area contributed by atoms with E-state index in [0.29, 0.717) is 21.4 Å². The van der Waals surface area contributed by atoms with Crippen molar-refractivity contribution in [1.29, 1.82) is 0 Å². The highest BCUT2D eigenvalue weighted by molar-refractivity contribution is 6.32. The van der Waals surface area contributed by atoms with Crippen molar-refractivity contribution < 1.29 is 13.9 Å². The number of nitrogens with zero attached hydrogens (tertiary/aromatic N) is 3. The highest BCUT2D eigenvalue weighted by Gasteiger charge is 2.20. The molecule has 0 spiro atoms. The highest BCUT2D eigenvalue weighted by atomic mass is 35.5. The Balaban J connectivity index is 1.35. The van der Waals surface area contributed by atoms with Crippen LogP contribution >= 0.6 is 23.2 Å². The maximum absolute atomic E-state index is 12.8. The number of amides is 1. The number of rotatable bonds is 16. The second-order valence-electron chi connectivity index (χ2n) is 11.3. The zero-order chi connectivity index (χ0) is 29.8. The van der Waals surface area contributed by atoms with Crippen molar-refractivity contribution in [3.63, 3.8) is 0 Å². The lowest BCUT2D eigenvalue weighted by Gasteiger charge is -2.22. The average molecular weight is 607 g/mol. The molecule has 0 fully saturated rings. The molecule has 0 radical (unpaired) electrons. The molecule has 0 aliphatic rings. The van der Waals surface area contributed by atoms with Gasteiger partial charge in [-0.3, -0.25) is 4.79 Å². The van der Waals surface area contributed by atoms with E-state index in [0.717, 1.165) is 62.0 Å². The zero-order valence-corrected chi connectivity index (χ0v) is 26.0. The summed E-state index contributed by atoms with van der Waals surface area (Å²) in [5, 5.41) is 11.9. The van der Waals surface area contributed by atoms with Gasteiger partial charge in [0.15, 0.2) is 5.82 Å². The molecule has 0 saturated heterocycles. The van der Waals surface area contributed by atoms with E-state index in [1.54, 1.807) is 35.1 Å². The third kappa shape index (κ3) is 10.5. The maximum Gasteiger partial charge on any atom is 0.253 e. The fraction of sp³-hybridized carbons (Fsp3) is 0.516. The van der Waals surface area contributed by atoms with Crippen molar-refractivity contribution >= 4 is 34.8 Å². The molecule has 2 aromatic heterocycles. The number of hydrogen-bond donors (Lipinski definition) is 2. The fourth-order valence-electron chi connectivity index (χ4n) is 4.69. The molecule has 0 unspecified atom stereocenters. The van der Waals surface area contributed by atoms with Crippen LogP contribution in [0.1, 0.15) is 93.8 Å². The molecule has 10 heteroatoms. The van der Waals surface area contributed by atoms with E-state index in [1.807, 2.05) is 33.8 Å². The van der Waals surface area contributed by atoms with Gasteiger partial charge in [0.1, 0.15) is 0 Å². The van der Waals surface area contributed by atoms with Gasteiger partial charge >= 0.3 is 0 Å². The molecule has 224 valence electrons. The monoisotopic (exact) mass is 605 g/mol. The number of ether oxygens (including phenoxy) is 1. The van der Waals surface area contributed by atoms with Crippen LogP contribution in [0.15, 0.2) is 36.5 Å². The minimum atomic E-state index is -0.932. The average Bonchev–Trinajstić information content (AvgIpc) is 3.29. The summed E-state index contributed by atoms with van der Waals surface area (Å²) in [4.78, 5) is 17.2. The largest absolute Gasteiger partial charge is 0.445 e. The van der Waals surface area contributed by atoms with E-state index in [1.165, 1.54) is 19.3 Å². The van der Waals surface area contributed by atoms with Crippen LogP contribution < -0.4 is 15.4 Å². The summed E-state index contributed by atoms with van der Waals surface area (Å²) in [7, 11) is 0. The molecule has 0 saturated carbocycles. The molecule has 7 nitrogen and oxygen atoms in total. The van der Waals surface area contributed by atoms with Crippen LogP contribution in [0.2, 0.25) is 10.0 Å². The predicted molar refractivity (Wildman–Crippen MR) is 166 cm³/mol. The van der Waals surface area contributed by atoms with Crippen molar-refractivity contribution in [2.24, 2.45) is 0 Å². The summed E-state index contributed by atoms with van der Waals surface area (Å²) < 4.78 is 19.3. The third-order valence-electron chi connectivity index (χ3n) is 6.60. The molecular weight excluding hydrogens is 564 g/mol. The van der Waals surface area contributed by atoms with Crippen LogP contribution in [0.3, 0.4) is 0 Å². The number of benzene rings is 1. The molecule has 1 amide bonds. The van der Waals surface area contributed by atoms with E-state index in [9.17, 15) is 9.18 Å². The normalized spacial score (nSPS) is 11.5. The Morgan fingerprint density at radius 3 is 2.37 bits per heavy atom. The van der Waals surface area contributed by atoms with Gasteiger partial charge in [-0.15, -0.1) is 5.10 Å². The number of halogens is 3. The standard InChI is InChI=1S/C31H42Cl2FN5O2/c1-22-18-23(32)19-25(30(40)37-31(2,3)4)28(22)35-16-12-10-8-6-5-7-9-11-14-24-20-27(41-21-34)38-39(24)29-26(33)15-13-17-36-29/h13,15,17-20,35H,5-12,14,16,21H2,1-4H3,(H,37,40). The van der Waals surface area contributed by atoms with Gasteiger partial charge in [0, 0.05) is 35.1 Å². The molecule has 0 aliphatic heterocycles. The van der Waals surface area contributed by atoms with Gasteiger partial charge in [0.25, 0.3) is 5.91 Å². The molecule has 0 aliphatic carbocycles. The number of alkyl halides is 1. The van der Waals surface area contributed by atoms with Crippen molar-refractivity contribution in [3.8, 4) is 11.7 Å². The molecule has 3 aromatic rings. The number of unbranched alkanes of at least 4 members (excludes halogenated alkanes) is 7. The van der Waals surface area contributed by atoms with Crippen LogP contribution in [0.25, 0.3) is 5.82 Å². The Kier molecular flexibility index (Phi) is 12.7. The van der Waals surface area contributed by atoms with Crippen molar-refractivity contribution in [2.75, 3.05) is 18.7 Å². The lowest BCUT2D eigenvalue weighted by Crippen LogP contribution is -2.40. The summed E-state index contributed by atoms with van der Waals surface area (Å²) in [6.45, 7) is 7.74. The molecule has 0 atom stereocenters. The van der Waals surface area contributed by atoms with Gasteiger partial charge in [-0.05, 0) is 76.8 Å². The molecule has 3 rings (SSSR count). The molecule has 2 heterocycles. The molecule has 41 heavy (non-hydrogen) atoms. The molecule has 2 N–H and O–H groups in total. The van der Waals surface area contributed by atoms with Gasteiger partial charge in [0.05, 0.1) is 16.3 Å². The van der Waals surface area contributed by atoms with Crippen LogP contribution in [0, 0.1) is 6.92 Å². The van der Waals surface area contributed by atoms with Gasteiger partial charge in [-0.25, -0.2) is 14.1 Å². The van der Waals surface area contributed by atoms with Gasteiger partial charge < -0.3 is 15.4 Å². The van der Waals surface area contributed by atoms with Crippen LogP contribution in [-0.4, -0.2) is 39.6 Å². The quantitative estimate of drug-likeness (QED) is 0.160. The lowest BCUT2D eigenvalue weighted by atomic mass is 10.0. The van der Waals surface area contributed by atoms with Crippen molar-refractivity contribution in [3.05, 3.63) is 63.4 Å². The second-order valence-corrected chi connectivity index (χ2v) is 12.1. The lowest BCUT2D eigenvalue weighted by molar-refractivity contribution is 0.0920. The molecule has 1 aromatic carbocycles. The Labute approximate surface area is 253 Å². The first-order valence-electron chi connectivity index (χ1n) is 14.3. The number of anilines is 1. The first kappa shape index (κ1) is 32.7. The van der Waals surface area contributed by atoms with E-state index in [2.05, 4.69) is 20.7 Å².